The van der Waals surface area contributed by atoms with E-state index in [1.165, 1.54) is 0 Å². The predicted octanol–water partition coefficient (Wildman–Crippen LogP) is 4.93. The van der Waals surface area contributed by atoms with Crippen molar-refractivity contribution < 1.29 is 4.79 Å². The van der Waals surface area contributed by atoms with E-state index in [4.69, 9.17) is 0 Å². The Labute approximate surface area is 133 Å². The first-order valence-corrected chi connectivity index (χ1v) is 7.70. The minimum atomic E-state index is 0.0289. The van der Waals surface area contributed by atoms with Gasteiger partial charge < -0.3 is 4.57 Å². The fourth-order valence-electron chi connectivity index (χ4n) is 2.34. The molecule has 2 aromatic carbocycles. The quantitative estimate of drug-likeness (QED) is 0.566. The number of aromatic nitrogens is 1. The van der Waals surface area contributed by atoms with Gasteiger partial charge in [-0.15, -0.1) is 0 Å². The summed E-state index contributed by atoms with van der Waals surface area (Å²) in [7, 11) is 1.95. The minimum absolute atomic E-state index is 0.0289. The number of halogens is 2. The maximum absolute atomic E-state index is 12.7. The summed E-state index contributed by atoms with van der Waals surface area (Å²) in [6.07, 6.45) is 1.89. The third kappa shape index (κ3) is 2.23. The van der Waals surface area contributed by atoms with Crippen LogP contribution < -0.4 is 0 Å². The molecule has 0 unspecified atom stereocenters. The van der Waals surface area contributed by atoms with E-state index in [9.17, 15) is 4.79 Å². The molecule has 3 aromatic rings. The second kappa shape index (κ2) is 5.19. The lowest BCUT2D eigenvalue weighted by atomic mass is 10.0. The average Bonchev–Trinajstić information content (AvgIpc) is 2.76. The second-order valence-corrected chi connectivity index (χ2v) is 6.39. The molecule has 0 radical (unpaired) electrons. The zero-order valence-corrected chi connectivity index (χ0v) is 13.9. The Morgan fingerprint density at radius 2 is 1.80 bits per heavy atom. The molecule has 3 rings (SSSR count). The Balaban J connectivity index is 2.18. The van der Waals surface area contributed by atoms with E-state index in [1.807, 2.05) is 60.3 Å². The number of para-hydroxylation sites is 1. The molecule has 0 spiro atoms. The van der Waals surface area contributed by atoms with E-state index in [2.05, 4.69) is 31.9 Å². The summed E-state index contributed by atoms with van der Waals surface area (Å²) >= 11 is 6.86. The fraction of sp³-hybridized carbons (Fsp3) is 0.0625. The van der Waals surface area contributed by atoms with Gasteiger partial charge in [0, 0.05) is 44.2 Å². The third-order valence-corrected chi connectivity index (χ3v) is 4.47. The number of fused-ring (bicyclic) bond motifs is 1. The van der Waals surface area contributed by atoms with Gasteiger partial charge in [0.15, 0.2) is 5.78 Å². The fourth-order valence-corrected chi connectivity index (χ4v) is 3.57. The number of carbonyl (C=O) groups excluding carboxylic acids is 1. The molecule has 0 N–H and O–H groups in total. The van der Waals surface area contributed by atoms with Crippen LogP contribution in [0.15, 0.2) is 57.6 Å². The van der Waals surface area contributed by atoms with Gasteiger partial charge in [0.1, 0.15) is 0 Å². The first-order valence-electron chi connectivity index (χ1n) is 6.12. The summed E-state index contributed by atoms with van der Waals surface area (Å²) in [6.45, 7) is 0. The van der Waals surface area contributed by atoms with E-state index in [1.54, 1.807) is 0 Å². The zero-order valence-electron chi connectivity index (χ0n) is 10.7. The van der Waals surface area contributed by atoms with Gasteiger partial charge in [-0.2, -0.15) is 0 Å². The SMILES string of the molecule is Cn1cc(C(=O)c2ccc(Br)cc2Br)c2ccccc21. The molecular formula is C16H11Br2NO. The van der Waals surface area contributed by atoms with Gasteiger partial charge in [0.05, 0.1) is 0 Å². The van der Waals surface area contributed by atoms with E-state index in [0.717, 1.165) is 25.4 Å². The summed E-state index contributed by atoms with van der Waals surface area (Å²) in [5.41, 5.74) is 2.46. The molecule has 0 amide bonds. The molecule has 20 heavy (non-hydrogen) atoms. The van der Waals surface area contributed by atoms with Gasteiger partial charge >= 0.3 is 0 Å². The highest BCUT2D eigenvalue weighted by Gasteiger charge is 2.17. The normalized spacial score (nSPS) is 10.9. The first-order chi connectivity index (χ1) is 9.58. The summed E-state index contributed by atoms with van der Waals surface area (Å²) < 4.78 is 3.72. The van der Waals surface area contributed by atoms with Gasteiger partial charge in [0.25, 0.3) is 0 Å². The second-order valence-electron chi connectivity index (χ2n) is 4.62. The summed E-state index contributed by atoms with van der Waals surface area (Å²) in [5.74, 6) is 0.0289. The molecule has 0 aliphatic carbocycles. The number of hydrogen-bond acceptors (Lipinski definition) is 1. The Morgan fingerprint density at radius 3 is 2.55 bits per heavy atom. The number of hydrogen-bond donors (Lipinski definition) is 0. The lowest BCUT2D eigenvalue weighted by Gasteiger charge is -2.03. The lowest BCUT2D eigenvalue weighted by Crippen LogP contribution is -2.01. The largest absolute Gasteiger partial charge is 0.350 e. The van der Waals surface area contributed by atoms with Crippen LogP contribution in [0, 0.1) is 0 Å². The van der Waals surface area contributed by atoms with Crippen LogP contribution in [-0.2, 0) is 7.05 Å². The molecule has 0 atom stereocenters. The van der Waals surface area contributed by atoms with Crippen molar-refractivity contribution in [3.05, 3.63) is 68.7 Å². The number of rotatable bonds is 2. The summed E-state index contributed by atoms with van der Waals surface area (Å²) in [6, 6.07) is 13.5. The van der Waals surface area contributed by atoms with Crippen molar-refractivity contribution in [1.29, 1.82) is 0 Å². The molecule has 0 aliphatic heterocycles. The van der Waals surface area contributed by atoms with Crippen LogP contribution in [0.3, 0.4) is 0 Å². The molecular weight excluding hydrogens is 382 g/mol. The molecule has 1 aromatic heterocycles. The first kappa shape index (κ1) is 13.6. The van der Waals surface area contributed by atoms with Crippen LogP contribution in [0.4, 0.5) is 0 Å². The Bertz CT molecular complexity index is 820. The van der Waals surface area contributed by atoms with Crippen LogP contribution in [0.1, 0.15) is 15.9 Å². The standard InChI is InChI=1S/C16H11Br2NO/c1-19-9-13(11-4-2-3-5-15(11)19)16(20)12-7-6-10(17)8-14(12)18/h2-9H,1H3. The monoisotopic (exact) mass is 391 g/mol. The van der Waals surface area contributed by atoms with E-state index in [-0.39, 0.29) is 5.78 Å². The van der Waals surface area contributed by atoms with Crippen LogP contribution in [0.2, 0.25) is 0 Å². The zero-order chi connectivity index (χ0) is 14.3. The van der Waals surface area contributed by atoms with Crippen molar-refractivity contribution in [2.24, 2.45) is 7.05 Å². The van der Waals surface area contributed by atoms with Gasteiger partial charge in [-0.05, 0) is 40.2 Å². The van der Waals surface area contributed by atoms with Crippen molar-refractivity contribution in [2.45, 2.75) is 0 Å². The highest BCUT2D eigenvalue weighted by atomic mass is 79.9. The van der Waals surface area contributed by atoms with Crippen LogP contribution in [-0.4, -0.2) is 10.4 Å². The number of ketones is 1. The lowest BCUT2D eigenvalue weighted by molar-refractivity contribution is 0.103. The van der Waals surface area contributed by atoms with Crippen molar-refractivity contribution in [3.63, 3.8) is 0 Å². The Morgan fingerprint density at radius 1 is 1.05 bits per heavy atom. The van der Waals surface area contributed by atoms with Gasteiger partial charge in [-0.3, -0.25) is 4.79 Å². The van der Waals surface area contributed by atoms with E-state index < -0.39 is 0 Å². The molecule has 2 nitrogen and oxygen atoms in total. The molecule has 100 valence electrons. The van der Waals surface area contributed by atoms with Gasteiger partial charge in [-0.25, -0.2) is 0 Å². The van der Waals surface area contributed by atoms with Crippen molar-refractivity contribution in [1.82, 2.24) is 4.57 Å². The Kier molecular flexibility index (Phi) is 3.52. The number of benzene rings is 2. The van der Waals surface area contributed by atoms with Gasteiger partial charge in [-0.1, -0.05) is 34.1 Å². The molecule has 4 heteroatoms. The highest BCUT2D eigenvalue weighted by molar-refractivity contribution is 9.11. The Hall–Kier alpha value is -1.39. The maximum Gasteiger partial charge on any atom is 0.196 e. The molecule has 0 saturated heterocycles. The van der Waals surface area contributed by atoms with E-state index in [0.29, 0.717) is 5.56 Å². The molecule has 0 saturated carbocycles. The number of aryl methyl sites for hydroxylation is 1. The number of carbonyl (C=O) groups is 1. The molecule has 1 heterocycles. The van der Waals surface area contributed by atoms with Crippen LogP contribution in [0.25, 0.3) is 10.9 Å². The molecule has 0 fully saturated rings. The van der Waals surface area contributed by atoms with E-state index >= 15 is 0 Å². The van der Waals surface area contributed by atoms with Crippen molar-refractivity contribution in [3.8, 4) is 0 Å². The van der Waals surface area contributed by atoms with Crippen molar-refractivity contribution >= 4 is 48.5 Å². The third-order valence-electron chi connectivity index (χ3n) is 3.32. The van der Waals surface area contributed by atoms with Crippen LogP contribution in [0.5, 0.6) is 0 Å². The minimum Gasteiger partial charge on any atom is -0.350 e. The summed E-state index contributed by atoms with van der Waals surface area (Å²) in [4.78, 5) is 12.7. The average molecular weight is 393 g/mol. The molecule has 0 bridgehead atoms. The van der Waals surface area contributed by atoms with Crippen LogP contribution >= 0.6 is 31.9 Å². The van der Waals surface area contributed by atoms with Crippen molar-refractivity contribution in [2.75, 3.05) is 0 Å². The smallest absolute Gasteiger partial charge is 0.196 e. The highest BCUT2D eigenvalue weighted by Crippen LogP contribution is 2.28. The summed E-state index contributed by atoms with van der Waals surface area (Å²) in [5, 5.41) is 0.981. The topological polar surface area (TPSA) is 22.0 Å². The molecule has 0 aliphatic rings. The number of nitrogens with zero attached hydrogens (tertiary/aromatic N) is 1. The predicted molar refractivity (Wildman–Crippen MR) is 88.2 cm³/mol. The van der Waals surface area contributed by atoms with Gasteiger partial charge in [0.2, 0.25) is 0 Å². The maximum atomic E-state index is 12.7.